The Balaban J connectivity index is 4.18. The van der Waals surface area contributed by atoms with Crippen molar-refractivity contribution in [3.8, 4) is 0 Å². The van der Waals surface area contributed by atoms with Gasteiger partial charge in [-0.25, -0.2) is 0 Å². The van der Waals surface area contributed by atoms with Gasteiger partial charge in [-0.3, -0.25) is 9.36 Å². The first-order chi connectivity index (χ1) is 34.0. The summed E-state index contributed by atoms with van der Waals surface area (Å²) in [5, 5.41) is 13.8. The molecule has 0 saturated heterocycles. The number of aliphatic hydroxyl groups excluding tert-OH is 1. The summed E-state index contributed by atoms with van der Waals surface area (Å²) in [5.74, 6) is -0.224. The van der Waals surface area contributed by atoms with Crippen LogP contribution in [0.2, 0.25) is 0 Å². The van der Waals surface area contributed by atoms with E-state index in [2.05, 4.69) is 141 Å². The van der Waals surface area contributed by atoms with E-state index in [0.29, 0.717) is 17.4 Å². The molecule has 0 spiro atoms. The predicted octanol–water partition coefficient (Wildman–Crippen LogP) is 16.1. The number of rotatable bonds is 48. The smallest absolute Gasteiger partial charge is 0.268 e. The molecule has 0 aromatic carbocycles. The zero-order valence-electron chi connectivity index (χ0n) is 45.2. The lowest BCUT2D eigenvalue weighted by Crippen LogP contribution is -2.45. The summed E-state index contributed by atoms with van der Waals surface area (Å²) in [7, 11) is 1.21. The molecule has 0 aromatic rings. The lowest BCUT2D eigenvalue weighted by Gasteiger charge is -2.29. The average molecular weight is 991 g/mol. The second kappa shape index (κ2) is 50.6. The number of allylic oxidation sites excluding steroid dienone is 21. The molecule has 3 atom stereocenters. The number of likely N-dealkylation sites (N-methyl/N-ethyl adjacent to an activating group) is 1. The Morgan fingerprint density at radius 1 is 0.514 bits per heavy atom. The van der Waals surface area contributed by atoms with E-state index >= 15 is 0 Å². The van der Waals surface area contributed by atoms with Crippen LogP contribution in [0.1, 0.15) is 194 Å². The maximum atomic E-state index is 12.9. The molecule has 0 fully saturated rings. The van der Waals surface area contributed by atoms with Gasteiger partial charge in [-0.15, -0.1) is 0 Å². The first-order valence-corrected chi connectivity index (χ1v) is 29.0. The topological polar surface area (TPSA) is 108 Å². The first kappa shape index (κ1) is 66.6. The molecular weight excluding hydrogens is 888 g/mol. The molecule has 0 radical (unpaired) electrons. The highest BCUT2D eigenvalue weighted by atomic mass is 31.2. The van der Waals surface area contributed by atoms with Gasteiger partial charge in [-0.2, -0.15) is 0 Å². The molecule has 0 saturated carbocycles. The summed E-state index contributed by atoms with van der Waals surface area (Å²) in [6.07, 6.45) is 76.7. The molecule has 398 valence electrons. The zero-order valence-corrected chi connectivity index (χ0v) is 46.1. The summed E-state index contributed by atoms with van der Waals surface area (Å²) < 4.78 is 23.2. The molecule has 0 aromatic heterocycles. The summed E-state index contributed by atoms with van der Waals surface area (Å²) >= 11 is 0. The second-order valence-corrected chi connectivity index (χ2v) is 20.6. The third-order valence-corrected chi connectivity index (χ3v) is 12.3. The SMILES string of the molecule is CC/C=C\C/C=C\C/C=C\C/C=C\C/C=C\C/C=C\C/C=C\C/C=C\CCCCCCCCCCCCC(=O)NC(COP(=O)([O-])OCC[N+](C)(C)C)C(O)/C=C/CC/C=C/CC/C=C/CCCCC. The van der Waals surface area contributed by atoms with Crippen LogP contribution in [0.15, 0.2) is 134 Å². The van der Waals surface area contributed by atoms with Crippen molar-refractivity contribution < 1.29 is 32.9 Å². The van der Waals surface area contributed by atoms with Crippen LogP contribution in [0.3, 0.4) is 0 Å². The van der Waals surface area contributed by atoms with Crippen molar-refractivity contribution in [2.75, 3.05) is 40.9 Å². The van der Waals surface area contributed by atoms with E-state index in [1.165, 1.54) is 57.8 Å². The van der Waals surface area contributed by atoms with Crippen molar-refractivity contribution in [3.63, 3.8) is 0 Å². The Labute approximate surface area is 430 Å². The fourth-order valence-corrected chi connectivity index (χ4v) is 7.74. The summed E-state index contributed by atoms with van der Waals surface area (Å²) in [6, 6.07) is -0.920. The number of nitrogens with one attached hydrogen (secondary N) is 1. The van der Waals surface area contributed by atoms with Crippen LogP contribution in [0, 0.1) is 0 Å². The highest BCUT2D eigenvalue weighted by Crippen LogP contribution is 2.38. The van der Waals surface area contributed by atoms with E-state index in [0.717, 1.165) is 116 Å². The van der Waals surface area contributed by atoms with E-state index in [-0.39, 0.29) is 12.5 Å². The van der Waals surface area contributed by atoms with Crippen LogP contribution in [0.5, 0.6) is 0 Å². The summed E-state index contributed by atoms with van der Waals surface area (Å²) in [6.45, 7) is 4.44. The second-order valence-electron chi connectivity index (χ2n) is 19.2. The average Bonchev–Trinajstić information content (AvgIpc) is 3.32. The number of carbonyl (C=O) groups excluding carboxylic acids is 1. The van der Waals surface area contributed by atoms with Crippen LogP contribution in [0.4, 0.5) is 0 Å². The van der Waals surface area contributed by atoms with Gasteiger partial charge in [0.2, 0.25) is 5.91 Å². The van der Waals surface area contributed by atoms with E-state index in [9.17, 15) is 19.4 Å². The minimum atomic E-state index is -4.61. The van der Waals surface area contributed by atoms with Crippen LogP contribution in [-0.2, 0) is 18.4 Å². The molecule has 9 heteroatoms. The number of hydrogen-bond donors (Lipinski definition) is 2. The van der Waals surface area contributed by atoms with Gasteiger partial charge in [0, 0.05) is 6.42 Å². The van der Waals surface area contributed by atoms with Gasteiger partial charge in [-0.05, 0) is 109 Å². The van der Waals surface area contributed by atoms with Crippen LogP contribution in [-0.4, -0.2) is 68.5 Å². The molecule has 1 amide bonds. The first-order valence-electron chi connectivity index (χ1n) is 27.5. The Hall–Kier alpha value is -3.36. The fourth-order valence-electron chi connectivity index (χ4n) is 7.02. The largest absolute Gasteiger partial charge is 0.756 e. The number of nitrogens with zero attached hydrogens (tertiary/aromatic N) is 1. The molecule has 0 rings (SSSR count). The Morgan fingerprint density at radius 3 is 1.33 bits per heavy atom. The quantitative estimate of drug-likeness (QED) is 0.0272. The van der Waals surface area contributed by atoms with E-state index in [1.807, 2.05) is 27.2 Å². The van der Waals surface area contributed by atoms with Gasteiger partial charge >= 0.3 is 0 Å². The lowest BCUT2D eigenvalue weighted by atomic mass is 10.0. The fraction of sp³-hybridized carbons (Fsp3) is 0.623. The van der Waals surface area contributed by atoms with Crippen LogP contribution >= 0.6 is 7.82 Å². The van der Waals surface area contributed by atoms with Crippen molar-refractivity contribution in [3.05, 3.63) is 134 Å². The molecule has 0 aliphatic heterocycles. The third kappa shape index (κ3) is 52.5. The summed E-state index contributed by atoms with van der Waals surface area (Å²) in [4.78, 5) is 25.4. The maximum absolute atomic E-state index is 12.9. The van der Waals surface area contributed by atoms with E-state index in [1.54, 1.807) is 6.08 Å². The number of aliphatic hydroxyl groups is 1. The molecule has 0 heterocycles. The Bertz CT molecular complexity index is 1590. The molecule has 0 bridgehead atoms. The number of carbonyl (C=O) groups is 1. The summed E-state index contributed by atoms with van der Waals surface area (Å²) in [5.41, 5.74) is 0. The maximum Gasteiger partial charge on any atom is 0.268 e. The molecule has 0 aliphatic carbocycles. The highest BCUT2D eigenvalue weighted by Gasteiger charge is 2.23. The van der Waals surface area contributed by atoms with E-state index < -0.39 is 26.6 Å². The minimum absolute atomic E-state index is 0.0167. The van der Waals surface area contributed by atoms with Crippen molar-refractivity contribution in [2.24, 2.45) is 0 Å². The zero-order chi connectivity index (χ0) is 51.3. The third-order valence-electron chi connectivity index (χ3n) is 11.3. The van der Waals surface area contributed by atoms with Crippen LogP contribution in [0.25, 0.3) is 0 Å². The van der Waals surface area contributed by atoms with Crippen molar-refractivity contribution in [1.82, 2.24) is 5.32 Å². The Morgan fingerprint density at radius 2 is 0.886 bits per heavy atom. The number of quaternary nitrogens is 1. The normalized spacial score (nSPS) is 15.0. The molecule has 3 unspecified atom stereocenters. The van der Waals surface area contributed by atoms with Gasteiger partial charge in [0.1, 0.15) is 13.2 Å². The number of unbranched alkanes of at least 4 members (excludes halogenated alkanes) is 15. The standard InChI is InChI=1S/C61H103N2O6P/c1-6-8-10-12-14-16-18-20-21-22-23-24-25-26-27-28-29-30-31-32-33-34-35-36-37-38-39-40-41-43-45-47-49-51-53-55-61(65)62-59(58-69-70(66,67)68-57-56-63(3,4)5)60(64)54-52-50-48-46-44-42-19-17-15-13-11-9-7-2/h8,10,14-17,20-21,23-24,26-27,29-30,32-33,35-36,44,46,52,54,59-60,64H,6-7,9,11-13,18-19,22,25,28,31,34,37-43,45,47-51,53,55-58H2,1-5H3,(H-,62,65,66,67)/b10-8-,16-14-,17-15+,21-20-,24-23-,27-26-,30-29-,33-32-,36-35-,46-44+,54-52+. The minimum Gasteiger partial charge on any atom is -0.756 e. The van der Waals surface area contributed by atoms with Gasteiger partial charge in [0.25, 0.3) is 7.82 Å². The van der Waals surface area contributed by atoms with Gasteiger partial charge in [0.15, 0.2) is 0 Å². The molecule has 2 N–H and O–H groups in total. The number of amides is 1. The predicted molar refractivity (Wildman–Crippen MR) is 302 cm³/mol. The van der Waals surface area contributed by atoms with E-state index in [4.69, 9.17) is 9.05 Å². The van der Waals surface area contributed by atoms with Gasteiger partial charge < -0.3 is 28.8 Å². The Kier molecular flexibility index (Phi) is 48.1. The molecule has 8 nitrogen and oxygen atoms in total. The lowest BCUT2D eigenvalue weighted by molar-refractivity contribution is -0.870. The number of phosphoric ester groups is 1. The molecule has 70 heavy (non-hydrogen) atoms. The number of hydrogen-bond acceptors (Lipinski definition) is 6. The number of phosphoric acid groups is 1. The molecule has 0 aliphatic rings. The van der Waals surface area contributed by atoms with Crippen molar-refractivity contribution in [2.45, 2.75) is 206 Å². The van der Waals surface area contributed by atoms with Crippen LogP contribution < -0.4 is 10.2 Å². The monoisotopic (exact) mass is 991 g/mol. The van der Waals surface area contributed by atoms with Gasteiger partial charge in [0.05, 0.1) is 39.9 Å². The van der Waals surface area contributed by atoms with Gasteiger partial charge in [-0.1, -0.05) is 212 Å². The van der Waals surface area contributed by atoms with Crippen molar-refractivity contribution >= 4 is 13.7 Å². The molecular formula is C61H103N2O6P. The van der Waals surface area contributed by atoms with Crippen molar-refractivity contribution in [1.29, 1.82) is 0 Å². The highest BCUT2D eigenvalue weighted by molar-refractivity contribution is 7.45.